The third-order valence-electron chi connectivity index (χ3n) is 5.89. The van der Waals surface area contributed by atoms with Gasteiger partial charge in [0.2, 0.25) is 0 Å². The van der Waals surface area contributed by atoms with E-state index in [0.29, 0.717) is 22.6 Å². The number of benzene rings is 3. The standard InChI is InChI=1S/C21H20FN3O4.C6H7NO3S/c1-14(17-8-9-18(19(22)12-17)16-6-4-3-5-7-16)21(26)29-11-10-24-15(2)23-13-20(24)25(27)28;7-5-1-3-6(4-2-5)11(8,9)10/h3-9,12-14H,10-11H2,1-2H3;1-4H,7H2,(H,8,9,10)/t14-;/m0./s1. The molecular formula is C27H27FN4O7S. The maximum Gasteiger partial charge on any atom is 0.342 e. The minimum atomic E-state index is -4.08. The maximum atomic E-state index is 14.5. The van der Waals surface area contributed by atoms with Gasteiger partial charge < -0.3 is 20.6 Å². The van der Waals surface area contributed by atoms with E-state index in [1.54, 1.807) is 26.0 Å². The first-order valence-corrected chi connectivity index (χ1v) is 13.3. The van der Waals surface area contributed by atoms with Crippen molar-refractivity contribution in [1.82, 2.24) is 9.55 Å². The van der Waals surface area contributed by atoms with Crippen molar-refractivity contribution in [1.29, 1.82) is 0 Å². The number of nitro groups is 1. The summed E-state index contributed by atoms with van der Waals surface area (Å²) >= 11 is 0. The summed E-state index contributed by atoms with van der Waals surface area (Å²) in [5.41, 5.74) is 7.46. The number of anilines is 1. The second-order valence-corrected chi connectivity index (χ2v) is 10.0. The largest absolute Gasteiger partial charge is 0.461 e. The maximum absolute atomic E-state index is 14.5. The van der Waals surface area contributed by atoms with E-state index in [9.17, 15) is 27.7 Å². The normalized spacial score (nSPS) is 11.7. The smallest absolute Gasteiger partial charge is 0.342 e. The third-order valence-corrected chi connectivity index (χ3v) is 6.76. The molecule has 1 aromatic heterocycles. The number of carbonyl (C=O) groups excluding carboxylic acids is 1. The van der Waals surface area contributed by atoms with E-state index in [2.05, 4.69) is 4.98 Å². The van der Waals surface area contributed by atoms with Gasteiger partial charge in [-0.3, -0.25) is 9.35 Å². The van der Waals surface area contributed by atoms with Gasteiger partial charge in [0.05, 0.1) is 10.8 Å². The molecule has 0 unspecified atom stereocenters. The highest BCUT2D eigenvalue weighted by molar-refractivity contribution is 7.85. The van der Waals surface area contributed by atoms with Gasteiger partial charge in [0.25, 0.3) is 10.1 Å². The first-order chi connectivity index (χ1) is 18.9. The molecule has 0 amide bonds. The molecule has 4 aromatic rings. The third kappa shape index (κ3) is 7.71. The molecule has 0 radical (unpaired) electrons. The molecule has 13 heteroatoms. The molecule has 0 aliphatic carbocycles. The summed E-state index contributed by atoms with van der Waals surface area (Å²) in [6.45, 7) is 3.33. The van der Waals surface area contributed by atoms with E-state index in [1.807, 2.05) is 30.3 Å². The molecule has 0 aliphatic heterocycles. The van der Waals surface area contributed by atoms with Crippen LogP contribution in [0.5, 0.6) is 0 Å². The minimum Gasteiger partial charge on any atom is -0.461 e. The predicted octanol–water partition coefficient (Wildman–Crippen LogP) is 4.77. The highest BCUT2D eigenvalue weighted by atomic mass is 32.2. The number of nitrogens with two attached hydrogens (primary N) is 1. The fourth-order valence-electron chi connectivity index (χ4n) is 3.67. The van der Waals surface area contributed by atoms with Crippen molar-refractivity contribution in [3.63, 3.8) is 0 Å². The molecule has 0 saturated carbocycles. The van der Waals surface area contributed by atoms with E-state index in [0.717, 1.165) is 11.8 Å². The molecule has 0 spiro atoms. The Hall–Kier alpha value is -4.62. The molecule has 3 aromatic carbocycles. The van der Waals surface area contributed by atoms with Crippen molar-refractivity contribution in [2.24, 2.45) is 0 Å². The molecule has 1 atom stereocenters. The lowest BCUT2D eigenvalue weighted by molar-refractivity contribution is -0.392. The lowest BCUT2D eigenvalue weighted by Crippen LogP contribution is -2.17. The number of imidazole rings is 1. The quantitative estimate of drug-likeness (QED) is 0.0997. The van der Waals surface area contributed by atoms with Crippen LogP contribution in [0, 0.1) is 22.9 Å². The van der Waals surface area contributed by atoms with Gasteiger partial charge in [-0.15, -0.1) is 0 Å². The minimum absolute atomic E-state index is 0.0498. The molecule has 3 N–H and O–H groups in total. The zero-order valence-electron chi connectivity index (χ0n) is 21.6. The van der Waals surface area contributed by atoms with Crippen molar-refractivity contribution in [3.8, 4) is 11.1 Å². The number of nitrogens with zero attached hydrogens (tertiary/aromatic N) is 3. The van der Waals surface area contributed by atoms with E-state index in [1.165, 1.54) is 34.9 Å². The second kappa shape index (κ2) is 13.0. The van der Waals surface area contributed by atoms with Crippen molar-refractivity contribution in [2.75, 3.05) is 12.3 Å². The first kappa shape index (κ1) is 29.9. The van der Waals surface area contributed by atoms with Crippen LogP contribution in [0.3, 0.4) is 0 Å². The number of carbonyl (C=O) groups is 1. The van der Waals surface area contributed by atoms with Crippen LogP contribution in [-0.2, 0) is 26.2 Å². The zero-order chi connectivity index (χ0) is 29.4. The second-order valence-electron chi connectivity index (χ2n) is 8.61. The Kier molecular flexibility index (Phi) is 9.69. The molecule has 0 bridgehead atoms. The fraction of sp³-hybridized carbons (Fsp3) is 0.185. The van der Waals surface area contributed by atoms with Crippen LogP contribution in [0.25, 0.3) is 11.1 Å². The molecule has 11 nitrogen and oxygen atoms in total. The Balaban J connectivity index is 0.000000336. The number of nitrogen functional groups attached to an aromatic ring is 1. The lowest BCUT2D eigenvalue weighted by Gasteiger charge is -2.13. The highest BCUT2D eigenvalue weighted by Gasteiger charge is 2.21. The summed E-state index contributed by atoms with van der Waals surface area (Å²) in [6.07, 6.45) is 1.16. The van der Waals surface area contributed by atoms with Crippen LogP contribution in [0.2, 0.25) is 0 Å². The van der Waals surface area contributed by atoms with Crippen molar-refractivity contribution in [2.45, 2.75) is 31.2 Å². The van der Waals surface area contributed by atoms with Gasteiger partial charge in [-0.05, 0) is 53.3 Å². The van der Waals surface area contributed by atoms with Gasteiger partial charge in [-0.2, -0.15) is 8.42 Å². The number of hydrogen-bond donors (Lipinski definition) is 2. The highest BCUT2D eigenvalue weighted by Crippen LogP contribution is 2.27. The van der Waals surface area contributed by atoms with Gasteiger partial charge in [-0.1, -0.05) is 42.5 Å². The molecule has 1 heterocycles. The molecule has 4 rings (SSSR count). The Morgan fingerprint density at radius 2 is 1.80 bits per heavy atom. The Bertz CT molecular complexity index is 1590. The summed E-state index contributed by atoms with van der Waals surface area (Å²) < 4.78 is 50.6. The number of esters is 1. The summed E-state index contributed by atoms with van der Waals surface area (Å²) in [5, 5.41) is 11.0. The van der Waals surface area contributed by atoms with Crippen LogP contribution < -0.4 is 5.73 Å². The number of hydrogen-bond acceptors (Lipinski definition) is 8. The molecule has 0 saturated heterocycles. The van der Waals surface area contributed by atoms with Crippen molar-refractivity contribution >= 4 is 27.6 Å². The monoisotopic (exact) mass is 570 g/mol. The summed E-state index contributed by atoms with van der Waals surface area (Å²) in [7, 11) is -4.08. The van der Waals surface area contributed by atoms with Crippen molar-refractivity contribution in [3.05, 3.63) is 106 Å². The predicted molar refractivity (Wildman–Crippen MR) is 145 cm³/mol. The number of aromatic nitrogens is 2. The summed E-state index contributed by atoms with van der Waals surface area (Å²) in [6, 6.07) is 19.1. The van der Waals surface area contributed by atoms with Crippen LogP contribution >= 0.6 is 0 Å². The Labute approximate surface area is 229 Å². The lowest BCUT2D eigenvalue weighted by atomic mass is 9.97. The topological polar surface area (TPSA) is 168 Å². The summed E-state index contributed by atoms with van der Waals surface area (Å²) in [5.74, 6) is -1.33. The van der Waals surface area contributed by atoms with Crippen LogP contribution in [-0.4, -0.2) is 40.0 Å². The number of aryl methyl sites for hydroxylation is 1. The zero-order valence-corrected chi connectivity index (χ0v) is 22.4. The molecule has 210 valence electrons. The van der Waals surface area contributed by atoms with Gasteiger partial charge in [0, 0.05) is 18.2 Å². The fourth-order valence-corrected chi connectivity index (χ4v) is 4.15. The molecular weight excluding hydrogens is 543 g/mol. The van der Waals surface area contributed by atoms with Gasteiger partial charge >= 0.3 is 11.8 Å². The average Bonchev–Trinajstić information content (AvgIpc) is 3.29. The van der Waals surface area contributed by atoms with E-state index in [4.69, 9.17) is 15.0 Å². The number of ether oxygens (including phenoxy) is 1. The Morgan fingerprint density at radius 1 is 1.15 bits per heavy atom. The van der Waals surface area contributed by atoms with Gasteiger partial charge in [-0.25, -0.2) is 13.9 Å². The van der Waals surface area contributed by atoms with Crippen molar-refractivity contribution < 1.29 is 31.8 Å². The summed E-state index contributed by atoms with van der Waals surface area (Å²) in [4.78, 5) is 26.5. The van der Waals surface area contributed by atoms with E-state index >= 15 is 0 Å². The number of halogens is 1. The molecule has 40 heavy (non-hydrogen) atoms. The van der Waals surface area contributed by atoms with E-state index in [-0.39, 0.29) is 23.9 Å². The van der Waals surface area contributed by atoms with Gasteiger partial charge in [0.1, 0.15) is 25.2 Å². The average molecular weight is 571 g/mol. The van der Waals surface area contributed by atoms with E-state index < -0.39 is 32.7 Å². The van der Waals surface area contributed by atoms with Gasteiger partial charge in [0.15, 0.2) is 5.82 Å². The first-order valence-electron chi connectivity index (χ1n) is 11.9. The molecule has 0 aliphatic rings. The molecule has 0 fully saturated rings. The SMILES string of the molecule is Cc1ncc([N+](=O)[O-])n1CCOC(=O)[C@@H](C)c1ccc(-c2ccccc2)c(F)c1.Nc1ccc(S(=O)(=O)O)cc1. The Morgan fingerprint density at radius 3 is 2.38 bits per heavy atom. The van der Waals surface area contributed by atoms with Crippen LogP contribution in [0.4, 0.5) is 15.9 Å². The van der Waals surface area contributed by atoms with Crippen LogP contribution in [0.15, 0.2) is 83.9 Å². The van der Waals surface area contributed by atoms with Crippen LogP contribution in [0.1, 0.15) is 24.2 Å². The number of rotatable bonds is 8.